The van der Waals surface area contributed by atoms with Gasteiger partial charge in [-0.15, -0.1) is 11.3 Å². The minimum atomic E-state index is -0.730. The van der Waals surface area contributed by atoms with Crippen LogP contribution in [-0.2, 0) is 11.3 Å². The fourth-order valence-corrected chi connectivity index (χ4v) is 3.49. The summed E-state index contributed by atoms with van der Waals surface area (Å²) in [5.74, 6) is -1.11. The number of hydrogen-bond acceptors (Lipinski definition) is 4. The number of aromatic nitrogens is 1. The molecular formula is C15H16N2O2S. The van der Waals surface area contributed by atoms with Crippen molar-refractivity contribution in [3.05, 3.63) is 45.9 Å². The van der Waals surface area contributed by atoms with E-state index in [1.54, 1.807) is 11.3 Å². The number of fused-ring (bicyclic) bond motifs is 1. The molecule has 0 saturated heterocycles. The summed E-state index contributed by atoms with van der Waals surface area (Å²) in [6.07, 6.45) is 0.657. The quantitative estimate of drug-likeness (QED) is 0.943. The van der Waals surface area contributed by atoms with E-state index in [1.165, 1.54) is 4.88 Å². The molecule has 4 nitrogen and oxygen atoms in total. The van der Waals surface area contributed by atoms with Crippen molar-refractivity contribution < 1.29 is 9.90 Å². The number of benzene rings is 1. The third-order valence-corrected chi connectivity index (χ3v) is 4.74. The highest BCUT2D eigenvalue weighted by Crippen LogP contribution is 2.36. The van der Waals surface area contributed by atoms with Gasteiger partial charge in [-0.3, -0.25) is 4.79 Å². The van der Waals surface area contributed by atoms with E-state index in [2.05, 4.69) is 9.88 Å². The zero-order chi connectivity index (χ0) is 14.1. The first kappa shape index (κ1) is 13.1. The van der Waals surface area contributed by atoms with Crippen LogP contribution < -0.4 is 4.90 Å². The molecule has 0 radical (unpaired) electrons. The van der Waals surface area contributed by atoms with Gasteiger partial charge in [-0.2, -0.15) is 0 Å². The minimum absolute atomic E-state index is 0.384. The lowest BCUT2D eigenvalue weighted by molar-refractivity contribution is -0.139. The number of aliphatic carboxylic acids is 1. The highest BCUT2D eigenvalue weighted by atomic mass is 32.1. The number of para-hydroxylation sites is 1. The first-order valence-corrected chi connectivity index (χ1v) is 7.50. The molecule has 0 aliphatic carbocycles. The zero-order valence-corrected chi connectivity index (χ0v) is 12.1. The molecule has 0 spiro atoms. The summed E-state index contributed by atoms with van der Waals surface area (Å²) in [5.41, 5.74) is 4.89. The third kappa shape index (κ3) is 2.29. The Labute approximate surface area is 121 Å². The Hall–Kier alpha value is -1.88. The number of thiazole rings is 1. The summed E-state index contributed by atoms with van der Waals surface area (Å²) >= 11 is 1.66. The number of hydrogen-bond donors (Lipinski definition) is 1. The Morgan fingerprint density at radius 3 is 3.00 bits per heavy atom. The molecule has 5 heteroatoms. The molecule has 1 unspecified atom stereocenters. The van der Waals surface area contributed by atoms with Gasteiger partial charge < -0.3 is 10.0 Å². The predicted molar refractivity (Wildman–Crippen MR) is 79.3 cm³/mol. The lowest BCUT2D eigenvalue weighted by Crippen LogP contribution is -2.33. The summed E-state index contributed by atoms with van der Waals surface area (Å²) < 4.78 is 0. The van der Waals surface area contributed by atoms with Crippen molar-refractivity contribution in [3.63, 3.8) is 0 Å². The summed E-state index contributed by atoms with van der Waals surface area (Å²) in [4.78, 5) is 19.2. The molecule has 0 fully saturated rings. The molecule has 2 aromatic rings. The molecule has 0 bridgehead atoms. The molecule has 1 aliphatic heterocycles. The Balaban J connectivity index is 1.93. The maximum Gasteiger partial charge on any atom is 0.311 e. The molecule has 1 N–H and O–H groups in total. The number of rotatable bonds is 3. The van der Waals surface area contributed by atoms with Gasteiger partial charge in [0, 0.05) is 17.1 Å². The van der Waals surface area contributed by atoms with Crippen LogP contribution in [0.5, 0.6) is 0 Å². The van der Waals surface area contributed by atoms with Gasteiger partial charge in [-0.05, 0) is 25.0 Å². The maximum atomic E-state index is 11.4. The van der Waals surface area contributed by atoms with E-state index in [-0.39, 0.29) is 5.92 Å². The monoisotopic (exact) mass is 288 g/mol. The number of nitrogens with zero attached hydrogens (tertiary/aromatic N) is 2. The smallest absolute Gasteiger partial charge is 0.311 e. The van der Waals surface area contributed by atoms with E-state index in [0.717, 1.165) is 30.0 Å². The van der Waals surface area contributed by atoms with Gasteiger partial charge in [0.2, 0.25) is 0 Å². The number of carboxylic acids is 1. The number of carboxylic acid groups (broad SMARTS) is 1. The second-order valence-electron chi connectivity index (χ2n) is 5.02. The van der Waals surface area contributed by atoms with Crippen molar-refractivity contribution in [2.75, 3.05) is 11.4 Å². The summed E-state index contributed by atoms with van der Waals surface area (Å²) in [7, 11) is 0. The molecule has 104 valence electrons. The third-order valence-electron chi connectivity index (χ3n) is 3.82. The molecule has 1 aromatic heterocycles. The van der Waals surface area contributed by atoms with Gasteiger partial charge >= 0.3 is 5.97 Å². The van der Waals surface area contributed by atoms with Crippen LogP contribution in [0.25, 0.3) is 0 Å². The van der Waals surface area contributed by atoms with Crippen LogP contribution in [0.3, 0.4) is 0 Å². The first-order valence-electron chi connectivity index (χ1n) is 6.62. The molecular weight excluding hydrogens is 272 g/mol. The average molecular weight is 288 g/mol. The standard InChI is InChI=1S/C15H16N2O2S/c1-10-14(20-9-16-10)8-17-7-6-12(15(18)19)11-4-2-3-5-13(11)17/h2-5,9,12H,6-8H2,1H3,(H,18,19). The van der Waals surface area contributed by atoms with Crippen molar-refractivity contribution in [3.8, 4) is 0 Å². The minimum Gasteiger partial charge on any atom is -0.481 e. The van der Waals surface area contributed by atoms with Crippen LogP contribution in [0.2, 0.25) is 0 Å². The van der Waals surface area contributed by atoms with Crippen LogP contribution >= 0.6 is 11.3 Å². The zero-order valence-electron chi connectivity index (χ0n) is 11.2. The van der Waals surface area contributed by atoms with Crippen molar-refractivity contribution in [2.45, 2.75) is 25.8 Å². The van der Waals surface area contributed by atoms with Crippen molar-refractivity contribution in [1.29, 1.82) is 0 Å². The lowest BCUT2D eigenvalue weighted by atomic mass is 9.90. The molecule has 1 atom stereocenters. The number of aryl methyl sites for hydroxylation is 1. The van der Waals surface area contributed by atoms with Crippen molar-refractivity contribution in [2.24, 2.45) is 0 Å². The van der Waals surface area contributed by atoms with E-state index in [4.69, 9.17) is 0 Å². The van der Waals surface area contributed by atoms with Gasteiger partial charge in [-0.25, -0.2) is 4.98 Å². The largest absolute Gasteiger partial charge is 0.481 e. The Morgan fingerprint density at radius 2 is 2.30 bits per heavy atom. The number of carbonyl (C=O) groups is 1. The van der Waals surface area contributed by atoms with Gasteiger partial charge in [0.15, 0.2) is 0 Å². The van der Waals surface area contributed by atoms with E-state index in [9.17, 15) is 9.90 Å². The molecule has 1 aliphatic rings. The summed E-state index contributed by atoms with van der Waals surface area (Å²) in [6.45, 7) is 3.59. The first-order chi connectivity index (χ1) is 9.66. The topological polar surface area (TPSA) is 53.4 Å². The number of anilines is 1. The van der Waals surface area contributed by atoms with Crippen molar-refractivity contribution >= 4 is 23.0 Å². The molecule has 20 heavy (non-hydrogen) atoms. The van der Waals surface area contributed by atoms with E-state index >= 15 is 0 Å². The molecule has 2 heterocycles. The van der Waals surface area contributed by atoms with Gasteiger partial charge in [0.25, 0.3) is 0 Å². The average Bonchev–Trinajstić information content (AvgIpc) is 2.84. The second-order valence-corrected chi connectivity index (χ2v) is 5.96. The van der Waals surface area contributed by atoms with E-state index in [0.29, 0.717) is 6.42 Å². The normalized spacial score (nSPS) is 17.9. The fourth-order valence-electron chi connectivity index (χ4n) is 2.70. The van der Waals surface area contributed by atoms with Crippen molar-refractivity contribution in [1.82, 2.24) is 4.98 Å². The van der Waals surface area contributed by atoms with E-state index < -0.39 is 5.97 Å². The van der Waals surface area contributed by atoms with Crippen LogP contribution in [0.15, 0.2) is 29.8 Å². The summed E-state index contributed by atoms with van der Waals surface area (Å²) in [5, 5.41) is 9.35. The molecule has 0 saturated carbocycles. The molecule has 3 rings (SSSR count). The summed E-state index contributed by atoms with van der Waals surface area (Å²) in [6, 6.07) is 7.83. The fraction of sp³-hybridized carbons (Fsp3) is 0.333. The molecule has 0 amide bonds. The van der Waals surface area contributed by atoms with Crippen LogP contribution in [0, 0.1) is 6.92 Å². The highest BCUT2D eigenvalue weighted by Gasteiger charge is 2.29. The highest BCUT2D eigenvalue weighted by molar-refractivity contribution is 7.09. The van der Waals surface area contributed by atoms with Gasteiger partial charge in [-0.1, -0.05) is 18.2 Å². The van der Waals surface area contributed by atoms with Crippen LogP contribution in [-0.4, -0.2) is 22.6 Å². The predicted octanol–water partition coefficient (Wildman–Crippen LogP) is 3.03. The van der Waals surface area contributed by atoms with Crippen LogP contribution in [0.1, 0.15) is 28.5 Å². The maximum absolute atomic E-state index is 11.4. The Bertz CT molecular complexity index is 638. The van der Waals surface area contributed by atoms with Crippen LogP contribution in [0.4, 0.5) is 5.69 Å². The Morgan fingerprint density at radius 1 is 1.50 bits per heavy atom. The lowest BCUT2D eigenvalue weighted by Gasteiger charge is -2.34. The Kier molecular flexibility index (Phi) is 3.44. The van der Waals surface area contributed by atoms with Gasteiger partial charge in [0.05, 0.1) is 23.7 Å². The molecule has 1 aromatic carbocycles. The SMILES string of the molecule is Cc1ncsc1CN1CCC(C(=O)O)c2ccccc21. The van der Waals surface area contributed by atoms with Gasteiger partial charge in [0.1, 0.15) is 0 Å². The van der Waals surface area contributed by atoms with E-state index in [1.807, 2.05) is 36.7 Å². The second kappa shape index (κ2) is 5.25.